The van der Waals surface area contributed by atoms with E-state index in [4.69, 9.17) is 0 Å². The van der Waals surface area contributed by atoms with Crippen molar-refractivity contribution in [3.63, 3.8) is 0 Å². The molecule has 2 atom stereocenters. The Labute approximate surface area is 112 Å². The van der Waals surface area contributed by atoms with E-state index in [1.54, 1.807) is 0 Å². The Balaban J connectivity index is 2.06. The lowest BCUT2D eigenvalue weighted by Gasteiger charge is -2.39. The molecular weight excluding hydrogens is 220 g/mol. The van der Waals surface area contributed by atoms with Gasteiger partial charge in [0.1, 0.15) is 0 Å². The van der Waals surface area contributed by atoms with Crippen LogP contribution in [0.15, 0.2) is 24.3 Å². The highest BCUT2D eigenvalue weighted by Crippen LogP contribution is 2.28. The molecule has 18 heavy (non-hydrogen) atoms. The van der Waals surface area contributed by atoms with Crippen LogP contribution < -0.4 is 4.90 Å². The molecule has 0 radical (unpaired) electrons. The summed E-state index contributed by atoms with van der Waals surface area (Å²) in [7, 11) is 6.66. The van der Waals surface area contributed by atoms with Crippen LogP contribution in [-0.4, -0.2) is 38.1 Å². The highest BCUT2D eigenvalue weighted by atomic mass is 15.2. The molecule has 1 aromatic carbocycles. The fourth-order valence-electron chi connectivity index (χ4n) is 3.02. The topological polar surface area (TPSA) is 6.48 Å². The second kappa shape index (κ2) is 5.75. The first-order valence-electron chi connectivity index (χ1n) is 7.04. The van der Waals surface area contributed by atoms with Crippen molar-refractivity contribution >= 4 is 5.69 Å². The zero-order valence-electron chi connectivity index (χ0n) is 12.2. The van der Waals surface area contributed by atoms with Crippen LogP contribution in [0.3, 0.4) is 0 Å². The third-order valence-electron chi connectivity index (χ3n) is 4.31. The van der Waals surface area contributed by atoms with Crippen LogP contribution in [0, 0.1) is 6.92 Å². The van der Waals surface area contributed by atoms with Gasteiger partial charge in [-0.3, -0.25) is 0 Å². The maximum Gasteiger partial charge on any atom is 0.0368 e. The van der Waals surface area contributed by atoms with Crippen molar-refractivity contribution in [1.29, 1.82) is 0 Å². The zero-order valence-corrected chi connectivity index (χ0v) is 12.2. The Hall–Kier alpha value is -1.02. The highest BCUT2D eigenvalue weighted by Gasteiger charge is 2.26. The summed E-state index contributed by atoms with van der Waals surface area (Å²) in [5.74, 6) is 0. The lowest BCUT2D eigenvalue weighted by molar-refractivity contribution is 0.211. The van der Waals surface area contributed by atoms with Gasteiger partial charge in [-0.1, -0.05) is 12.1 Å². The van der Waals surface area contributed by atoms with Crippen molar-refractivity contribution < 1.29 is 0 Å². The maximum absolute atomic E-state index is 2.47. The Kier molecular flexibility index (Phi) is 4.28. The summed E-state index contributed by atoms with van der Waals surface area (Å²) in [6.45, 7) is 2.17. The van der Waals surface area contributed by atoms with Gasteiger partial charge in [0.15, 0.2) is 0 Å². The summed E-state index contributed by atoms with van der Waals surface area (Å²) >= 11 is 0. The van der Waals surface area contributed by atoms with Gasteiger partial charge < -0.3 is 9.80 Å². The minimum atomic E-state index is 0.688. The predicted molar refractivity (Wildman–Crippen MR) is 79.3 cm³/mol. The van der Waals surface area contributed by atoms with Gasteiger partial charge in [0, 0.05) is 24.8 Å². The van der Waals surface area contributed by atoms with Crippen LogP contribution in [0.1, 0.15) is 31.2 Å². The maximum atomic E-state index is 2.47. The molecule has 0 amide bonds. The van der Waals surface area contributed by atoms with E-state index in [0.717, 1.165) is 6.04 Å². The zero-order chi connectivity index (χ0) is 13.1. The average Bonchev–Trinajstić information content (AvgIpc) is 2.38. The van der Waals surface area contributed by atoms with Gasteiger partial charge in [-0.15, -0.1) is 0 Å². The minimum absolute atomic E-state index is 0.688. The summed E-state index contributed by atoms with van der Waals surface area (Å²) in [4.78, 5) is 4.86. The third-order valence-corrected chi connectivity index (χ3v) is 4.31. The summed E-state index contributed by atoms with van der Waals surface area (Å²) in [6, 6.07) is 10.3. The van der Waals surface area contributed by atoms with Gasteiger partial charge in [0.05, 0.1) is 0 Å². The molecule has 2 unspecified atom stereocenters. The molecule has 1 aliphatic rings. The smallest absolute Gasteiger partial charge is 0.0368 e. The monoisotopic (exact) mass is 246 g/mol. The summed E-state index contributed by atoms with van der Waals surface area (Å²) in [6.07, 6.45) is 5.32. The van der Waals surface area contributed by atoms with E-state index >= 15 is 0 Å². The number of aryl methyl sites for hydroxylation is 1. The van der Waals surface area contributed by atoms with E-state index in [2.05, 4.69) is 62.1 Å². The molecule has 1 fully saturated rings. The van der Waals surface area contributed by atoms with Gasteiger partial charge in [-0.05, 0) is 64.4 Å². The van der Waals surface area contributed by atoms with Gasteiger partial charge in [0.2, 0.25) is 0 Å². The number of anilines is 1. The first-order valence-corrected chi connectivity index (χ1v) is 7.04. The molecule has 0 heterocycles. The minimum Gasteiger partial charge on any atom is -0.372 e. The molecule has 1 aliphatic carbocycles. The van der Waals surface area contributed by atoms with Gasteiger partial charge in [0.25, 0.3) is 0 Å². The van der Waals surface area contributed by atoms with Crippen molar-refractivity contribution in [2.75, 3.05) is 26.0 Å². The lowest BCUT2D eigenvalue weighted by atomic mass is 9.89. The Morgan fingerprint density at radius 1 is 1.06 bits per heavy atom. The van der Waals surface area contributed by atoms with Crippen LogP contribution in [0.4, 0.5) is 5.69 Å². The van der Waals surface area contributed by atoms with E-state index in [9.17, 15) is 0 Å². The normalized spacial score (nSPS) is 24.3. The van der Waals surface area contributed by atoms with Gasteiger partial charge in [-0.2, -0.15) is 0 Å². The molecule has 2 rings (SSSR count). The molecular formula is C16H26N2. The highest BCUT2D eigenvalue weighted by molar-refractivity contribution is 5.48. The molecule has 0 aromatic heterocycles. The summed E-state index contributed by atoms with van der Waals surface area (Å²) in [5, 5.41) is 0. The first-order chi connectivity index (χ1) is 8.58. The molecule has 1 saturated carbocycles. The van der Waals surface area contributed by atoms with Crippen LogP contribution >= 0.6 is 0 Å². The molecule has 0 saturated heterocycles. The fraction of sp³-hybridized carbons (Fsp3) is 0.625. The van der Waals surface area contributed by atoms with Crippen LogP contribution in [-0.2, 0) is 0 Å². The molecule has 0 N–H and O–H groups in total. The quantitative estimate of drug-likeness (QED) is 0.807. The Bertz CT molecular complexity index is 386. The van der Waals surface area contributed by atoms with Crippen LogP contribution in [0.2, 0.25) is 0 Å². The molecule has 0 aliphatic heterocycles. The number of hydrogen-bond acceptors (Lipinski definition) is 2. The predicted octanol–water partition coefficient (Wildman–Crippen LogP) is 3.30. The van der Waals surface area contributed by atoms with Crippen molar-refractivity contribution in [2.45, 2.75) is 44.7 Å². The van der Waals surface area contributed by atoms with E-state index < -0.39 is 0 Å². The molecule has 2 nitrogen and oxygen atoms in total. The molecule has 2 heteroatoms. The lowest BCUT2D eigenvalue weighted by Crippen LogP contribution is -2.42. The van der Waals surface area contributed by atoms with Crippen LogP contribution in [0.5, 0.6) is 0 Å². The van der Waals surface area contributed by atoms with E-state index in [1.165, 1.54) is 36.9 Å². The SMILES string of the molecule is Cc1cccc(N(C)C2CCCC(N(C)C)C2)c1. The Morgan fingerprint density at radius 3 is 2.44 bits per heavy atom. The fourth-order valence-corrected chi connectivity index (χ4v) is 3.02. The van der Waals surface area contributed by atoms with Gasteiger partial charge >= 0.3 is 0 Å². The second-order valence-electron chi connectivity index (χ2n) is 5.89. The van der Waals surface area contributed by atoms with Crippen molar-refractivity contribution in [3.05, 3.63) is 29.8 Å². The largest absolute Gasteiger partial charge is 0.372 e. The number of rotatable bonds is 3. The van der Waals surface area contributed by atoms with E-state index in [0.29, 0.717) is 6.04 Å². The Morgan fingerprint density at radius 2 is 1.78 bits per heavy atom. The first kappa shape index (κ1) is 13.4. The van der Waals surface area contributed by atoms with Crippen molar-refractivity contribution in [1.82, 2.24) is 4.90 Å². The third kappa shape index (κ3) is 3.05. The standard InChI is InChI=1S/C16H26N2/c1-13-7-5-9-15(11-13)18(4)16-10-6-8-14(12-16)17(2)3/h5,7,9,11,14,16H,6,8,10,12H2,1-4H3. The molecule has 0 spiro atoms. The van der Waals surface area contributed by atoms with E-state index in [-0.39, 0.29) is 0 Å². The van der Waals surface area contributed by atoms with E-state index in [1.807, 2.05) is 0 Å². The number of benzene rings is 1. The van der Waals surface area contributed by atoms with Crippen LogP contribution in [0.25, 0.3) is 0 Å². The number of nitrogens with zero attached hydrogens (tertiary/aromatic N) is 2. The van der Waals surface area contributed by atoms with Gasteiger partial charge in [-0.25, -0.2) is 0 Å². The molecule has 100 valence electrons. The molecule has 1 aromatic rings. The number of hydrogen-bond donors (Lipinski definition) is 0. The summed E-state index contributed by atoms with van der Waals surface area (Å²) < 4.78 is 0. The van der Waals surface area contributed by atoms with Crippen molar-refractivity contribution in [3.8, 4) is 0 Å². The van der Waals surface area contributed by atoms with Crippen molar-refractivity contribution in [2.24, 2.45) is 0 Å². The average molecular weight is 246 g/mol. The second-order valence-corrected chi connectivity index (χ2v) is 5.89. The molecule has 0 bridgehead atoms. The summed E-state index contributed by atoms with van der Waals surface area (Å²) in [5.41, 5.74) is 2.71.